The molecule has 0 saturated carbocycles. The first-order chi connectivity index (χ1) is 12.6. The maximum Gasteiger partial charge on any atom is 0.174 e. The smallest absolute Gasteiger partial charge is 0.174 e. The van der Waals surface area contributed by atoms with Crippen molar-refractivity contribution in [2.45, 2.75) is 26.4 Å². The highest BCUT2D eigenvalue weighted by Gasteiger charge is 2.13. The average Bonchev–Trinajstić information content (AvgIpc) is 3.17. The third-order valence-electron chi connectivity index (χ3n) is 4.11. The van der Waals surface area contributed by atoms with E-state index in [9.17, 15) is 0 Å². The molecule has 0 unspecified atom stereocenters. The zero-order valence-electron chi connectivity index (χ0n) is 14.6. The molecular weight excluding hydrogens is 408 g/mol. The number of furan rings is 1. The van der Waals surface area contributed by atoms with Crippen LogP contribution >= 0.6 is 28.1 Å². The van der Waals surface area contributed by atoms with Crippen molar-refractivity contribution in [3.05, 3.63) is 88.3 Å². The van der Waals surface area contributed by atoms with Crippen LogP contribution < -0.4 is 5.32 Å². The van der Waals surface area contributed by atoms with E-state index in [0.29, 0.717) is 18.2 Å². The van der Waals surface area contributed by atoms with E-state index in [1.165, 1.54) is 11.1 Å². The summed E-state index contributed by atoms with van der Waals surface area (Å²) in [6, 6.07) is 20.5. The van der Waals surface area contributed by atoms with Gasteiger partial charge in [0, 0.05) is 16.7 Å². The molecule has 0 amide bonds. The molecule has 2 aromatic carbocycles. The number of aryl methyl sites for hydroxylation is 1. The van der Waals surface area contributed by atoms with Gasteiger partial charge < -0.3 is 14.6 Å². The average molecular weight is 429 g/mol. The molecule has 0 atom stereocenters. The number of thiocarbonyl (C=S) groups is 1. The molecule has 3 aromatic rings. The number of nitrogens with zero attached hydrogens (tertiary/aromatic N) is 1. The minimum atomic E-state index is 0.616. The van der Waals surface area contributed by atoms with Crippen LogP contribution in [0, 0.1) is 0 Å². The highest BCUT2D eigenvalue weighted by molar-refractivity contribution is 9.10. The lowest BCUT2D eigenvalue weighted by molar-refractivity contribution is 0.360. The molecule has 5 heteroatoms. The van der Waals surface area contributed by atoms with Gasteiger partial charge >= 0.3 is 0 Å². The Morgan fingerprint density at radius 3 is 2.31 bits per heavy atom. The van der Waals surface area contributed by atoms with Crippen molar-refractivity contribution >= 4 is 38.9 Å². The number of benzene rings is 2. The van der Waals surface area contributed by atoms with Crippen LogP contribution in [0.15, 0.2) is 75.8 Å². The van der Waals surface area contributed by atoms with E-state index in [-0.39, 0.29) is 0 Å². The molecule has 0 saturated heterocycles. The maximum absolute atomic E-state index is 5.67. The molecule has 1 aromatic heterocycles. The number of rotatable bonds is 6. The van der Waals surface area contributed by atoms with Crippen molar-refractivity contribution in [2.75, 3.05) is 5.32 Å². The highest BCUT2D eigenvalue weighted by atomic mass is 79.9. The van der Waals surface area contributed by atoms with Crippen LogP contribution in [0.1, 0.15) is 23.8 Å². The molecule has 0 bridgehead atoms. The second kappa shape index (κ2) is 9.01. The van der Waals surface area contributed by atoms with Gasteiger partial charge in [-0.15, -0.1) is 0 Å². The van der Waals surface area contributed by atoms with E-state index >= 15 is 0 Å². The Balaban J connectivity index is 1.74. The molecule has 1 N–H and O–H groups in total. The Morgan fingerprint density at radius 1 is 1.00 bits per heavy atom. The third-order valence-corrected chi connectivity index (χ3v) is 5.00. The Labute approximate surface area is 168 Å². The van der Waals surface area contributed by atoms with Gasteiger partial charge in [0.2, 0.25) is 0 Å². The number of hydrogen-bond acceptors (Lipinski definition) is 2. The van der Waals surface area contributed by atoms with Gasteiger partial charge in [0.15, 0.2) is 5.11 Å². The predicted octanol–water partition coefficient (Wildman–Crippen LogP) is 6.00. The van der Waals surface area contributed by atoms with Gasteiger partial charge in [-0.1, -0.05) is 47.1 Å². The first-order valence-corrected chi connectivity index (χ1v) is 9.76. The Morgan fingerprint density at radius 2 is 1.69 bits per heavy atom. The Bertz CT molecular complexity index is 829. The van der Waals surface area contributed by atoms with Crippen molar-refractivity contribution in [3.8, 4) is 0 Å². The van der Waals surface area contributed by atoms with Crippen LogP contribution in [-0.4, -0.2) is 10.0 Å². The van der Waals surface area contributed by atoms with E-state index in [1.54, 1.807) is 6.26 Å². The zero-order valence-corrected chi connectivity index (χ0v) is 17.0. The molecular formula is C21H21BrN2OS. The summed E-state index contributed by atoms with van der Waals surface area (Å²) < 4.78 is 6.56. The minimum Gasteiger partial charge on any atom is -0.467 e. The zero-order chi connectivity index (χ0) is 18.4. The lowest BCUT2D eigenvalue weighted by Gasteiger charge is -2.25. The molecule has 0 aliphatic heterocycles. The van der Waals surface area contributed by atoms with Crippen LogP contribution in [0.4, 0.5) is 5.69 Å². The number of anilines is 1. The van der Waals surface area contributed by atoms with Crippen molar-refractivity contribution in [2.24, 2.45) is 0 Å². The largest absolute Gasteiger partial charge is 0.467 e. The molecule has 0 aliphatic carbocycles. The summed E-state index contributed by atoms with van der Waals surface area (Å²) >= 11 is 9.13. The lowest BCUT2D eigenvalue weighted by Crippen LogP contribution is -2.33. The first kappa shape index (κ1) is 18.7. The van der Waals surface area contributed by atoms with E-state index in [4.69, 9.17) is 16.6 Å². The molecule has 3 nitrogen and oxygen atoms in total. The molecule has 1 heterocycles. The summed E-state index contributed by atoms with van der Waals surface area (Å²) in [7, 11) is 0. The monoisotopic (exact) mass is 428 g/mol. The molecule has 0 radical (unpaired) electrons. The Kier molecular flexibility index (Phi) is 6.47. The van der Waals surface area contributed by atoms with Gasteiger partial charge in [0.05, 0.1) is 12.8 Å². The summed E-state index contributed by atoms with van der Waals surface area (Å²) in [5, 5.41) is 3.99. The fourth-order valence-electron chi connectivity index (χ4n) is 2.63. The number of hydrogen-bond donors (Lipinski definition) is 1. The van der Waals surface area contributed by atoms with Crippen molar-refractivity contribution in [3.63, 3.8) is 0 Å². The van der Waals surface area contributed by atoms with Crippen LogP contribution in [0.2, 0.25) is 0 Å². The molecule has 0 spiro atoms. The summed E-state index contributed by atoms with van der Waals surface area (Å²) in [5.74, 6) is 0.884. The van der Waals surface area contributed by atoms with E-state index in [0.717, 1.165) is 22.3 Å². The van der Waals surface area contributed by atoms with E-state index < -0.39 is 0 Å². The highest BCUT2D eigenvalue weighted by Crippen LogP contribution is 2.17. The van der Waals surface area contributed by atoms with Gasteiger partial charge in [0.25, 0.3) is 0 Å². The SMILES string of the molecule is CCc1ccc(CN(Cc2ccco2)C(=S)Nc2ccc(Br)cc2)cc1. The van der Waals surface area contributed by atoms with E-state index in [1.807, 2.05) is 36.4 Å². The number of halogens is 1. The van der Waals surface area contributed by atoms with Gasteiger partial charge in [-0.05, 0) is 66.2 Å². The lowest BCUT2D eigenvalue weighted by atomic mass is 10.1. The van der Waals surface area contributed by atoms with Crippen LogP contribution in [0.5, 0.6) is 0 Å². The van der Waals surface area contributed by atoms with E-state index in [2.05, 4.69) is 57.3 Å². The second-order valence-corrected chi connectivity index (χ2v) is 7.34. The second-order valence-electron chi connectivity index (χ2n) is 6.04. The standard InChI is InChI=1S/C21H21BrN2OS/c1-2-16-5-7-17(8-6-16)14-24(15-20-4-3-13-25-20)21(26)23-19-11-9-18(22)10-12-19/h3-13H,2,14-15H2,1H3,(H,23,26). The fraction of sp³-hybridized carbons (Fsp3) is 0.190. The van der Waals surface area contributed by atoms with Crippen LogP contribution in [-0.2, 0) is 19.5 Å². The first-order valence-electron chi connectivity index (χ1n) is 8.55. The summed E-state index contributed by atoms with van der Waals surface area (Å²) in [4.78, 5) is 2.11. The number of nitrogens with one attached hydrogen (secondary N) is 1. The summed E-state index contributed by atoms with van der Waals surface area (Å²) in [6.07, 6.45) is 2.73. The third kappa shape index (κ3) is 5.19. The summed E-state index contributed by atoms with van der Waals surface area (Å²) in [6.45, 7) is 3.49. The molecule has 26 heavy (non-hydrogen) atoms. The predicted molar refractivity (Wildman–Crippen MR) is 114 cm³/mol. The topological polar surface area (TPSA) is 28.4 Å². The minimum absolute atomic E-state index is 0.616. The quantitative estimate of drug-likeness (QED) is 0.487. The van der Waals surface area contributed by atoms with Gasteiger partial charge in [-0.25, -0.2) is 0 Å². The van der Waals surface area contributed by atoms with Gasteiger partial charge in [-0.3, -0.25) is 0 Å². The van der Waals surface area contributed by atoms with Gasteiger partial charge in [0.1, 0.15) is 5.76 Å². The normalized spacial score (nSPS) is 10.5. The molecule has 0 aliphatic rings. The van der Waals surface area contributed by atoms with Crippen molar-refractivity contribution < 1.29 is 4.42 Å². The summed E-state index contributed by atoms with van der Waals surface area (Å²) in [5.41, 5.74) is 3.51. The van der Waals surface area contributed by atoms with Crippen LogP contribution in [0.3, 0.4) is 0 Å². The van der Waals surface area contributed by atoms with Gasteiger partial charge in [-0.2, -0.15) is 0 Å². The van der Waals surface area contributed by atoms with Crippen molar-refractivity contribution in [1.29, 1.82) is 0 Å². The van der Waals surface area contributed by atoms with Crippen LogP contribution in [0.25, 0.3) is 0 Å². The Hall–Kier alpha value is -2.11. The fourth-order valence-corrected chi connectivity index (χ4v) is 3.14. The molecule has 134 valence electrons. The molecule has 3 rings (SSSR count). The molecule has 0 fully saturated rings. The maximum atomic E-state index is 5.67. The van der Waals surface area contributed by atoms with Crippen molar-refractivity contribution in [1.82, 2.24) is 4.90 Å².